The average Bonchev–Trinajstić information content (AvgIpc) is 2.30. The number of likely N-dealkylation sites (tertiary alicyclic amines) is 1. The van der Waals surface area contributed by atoms with Crippen molar-refractivity contribution in [2.45, 2.75) is 24.9 Å². The van der Waals surface area contributed by atoms with E-state index in [9.17, 15) is 4.79 Å². The van der Waals surface area contributed by atoms with Gasteiger partial charge in [0.1, 0.15) is 0 Å². The Morgan fingerprint density at radius 3 is 3.12 bits per heavy atom. The van der Waals surface area contributed by atoms with E-state index < -0.39 is 0 Å². The van der Waals surface area contributed by atoms with E-state index in [4.69, 9.17) is 0 Å². The Morgan fingerprint density at radius 1 is 1.56 bits per heavy atom. The van der Waals surface area contributed by atoms with Gasteiger partial charge < -0.3 is 15.5 Å². The Morgan fingerprint density at radius 2 is 2.44 bits per heavy atom. The van der Waals surface area contributed by atoms with E-state index in [1.165, 1.54) is 6.42 Å². The summed E-state index contributed by atoms with van der Waals surface area (Å²) >= 11 is 1.86. The molecule has 92 valence electrons. The average molecular weight is 243 g/mol. The summed E-state index contributed by atoms with van der Waals surface area (Å²) in [6.45, 7) is 3.10. The van der Waals surface area contributed by atoms with Crippen molar-refractivity contribution in [1.82, 2.24) is 15.5 Å². The number of carbonyl (C=O) groups excluding carboxylic acids is 1. The van der Waals surface area contributed by atoms with Gasteiger partial charge in [-0.05, 0) is 26.4 Å². The fraction of sp³-hybridized carbons (Fsp3) is 0.909. The maximum Gasteiger partial charge on any atom is 0.238 e. The first-order valence-electron chi connectivity index (χ1n) is 6.06. The monoisotopic (exact) mass is 243 g/mol. The molecule has 2 heterocycles. The SMILES string of the molecule is CN1CCCC(NC(=O)C2CSCCN2)C1. The predicted octanol–water partition coefficient (Wildman–Crippen LogP) is -0.0982. The second kappa shape index (κ2) is 5.89. The number of nitrogens with zero attached hydrogens (tertiary/aromatic N) is 1. The van der Waals surface area contributed by atoms with Crippen molar-refractivity contribution in [2.24, 2.45) is 0 Å². The maximum absolute atomic E-state index is 12.0. The van der Waals surface area contributed by atoms with Crippen molar-refractivity contribution in [3.63, 3.8) is 0 Å². The van der Waals surface area contributed by atoms with Crippen LogP contribution in [0.1, 0.15) is 12.8 Å². The summed E-state index contributed by atoms with van der Waals surface area (Å²) in [6.07, 6.45) is 2.31. The van der Waals surface area contributed by atoms with Crippen molar-refractivity contribution in [3.05, 3.63) is 0 Å². The van der Waals surface area contributed by atoms with Crippen LogP contribution in [0.3, 0.4) is 0 Å². The van der Waals surface area contributed by atoms with Crippen molar-refractivity contribution < 1.29 is 4.79 Å². The zero-order valence-corrected chi connectivity index (χ0v) is 10.7. The first-order valence-corrected chi connectivity index (χ1v) is 7.21. The molecule has 0 saturated carbocycles. The summed E-state index contributed by atoms with van der Waals surface area (Å²) in [4.78, 5) is 14.3. The fourth-order valence-corrected chi connectivity index (χ4v) is 3.25. The number of carbonyl (C=O) groups is 1. The van der Waals surface area contributed by atoms with Gasteiger partial charge in [-0.15, -0.1) is 0 Å². The molecule has 2 fully saturated rings. The lowest BCUT2D eigenvalue weighted by Gasteiger charge is -2.32. The third kappa shape index (κ3) is 3.37. The zero-order valence-electron chi connectivity index (χ0n) is 9.87. The lowest BCUT2D eigenvalue weighted by molar-refractivity contribution is -0.123. The van der Waals surface area contributed by atoms with Crippen molar-refractivity contribution in [1.29, 1.82) is 0 Å². The van der Waals surface area contributed by atoms with Crippen LogP contribution in [0.5, 0.6) is 0 Å². The summed E-state index contributed by atoms with van der Waals surface area (Å²) in [5.41, 5.74) is 0. The van der Waals surface area contributed by atoms with Gasteiger partial charge in [0.25, 0.3) is 0 Å². The van der Waals surface area contributed by atoms with Crippen LogP contribution >= 0.6 is 11.8 Å². The second-order valence-electron chi connectivity index (χ2n) is 4.69. The molecular formula is C11H21N3OS. The summed E-state index contributed by atoms with van der Waals surface area (Å²) in [5.74, 6) is 2.22. The molecule has 0 spiro atoms. The molecule has 2 aliphatic rings. The number of amides is 1. The highest BCUT2D eigenvalue weighted by Gasteiger charge is 2.25. The van der Waals surface area contributed by atoms with Crippen LogP contribution in [-0.4, -0.2) is 61.1 Å². The van der Waals surface area contributed by atoms with E-state index in [1.807, 2.05) is 11.8 Å². The van der Waals surface area contributed by atoms with Crippen LogP contribution in [0.4, 0.5) is 0 Å². The summed E-state index contributed by atoms with van der Waals surface area (Å²) in [5, 5.41) is 6.44. The lowest BCUT2D eigenvalue weighted by atomic mass is 10.1. The topological polar surface area (TPSA) is 44.4 Å². The molecule has 4 nitrogen and oxygen atoms in total. The van der Waals surface area contributed by atoms with Crippen LogP contribution in [0.25, 0.3) is 0 Å². The Balaban J connectivity index is 1.77. The van der Waals surface area contributed by atoms with Crippen LogP contribution in [0.2, 0.25) is 0 Å². The van der Waals surface area contributed by atoms with E-state index in [2.05, 4.69) is 22.6 Å². The first-order chi connectivity index (χ1) is 7.75. The lowest BCUT2D eigenvalue weighted by Crippen LogP contribution is -2.54. The van der Waals surface area contributed by atoms with Crippen LogP contribution in [0, 0.1) is 0 Å². The molecule has 0 aromatic carbocycles. The number of nitrogens with one attached hydrogen (secondary N) is 2. The van der Waals surface area contributed by atoms with E-state index in [0.717, 1.165) is 37.6 Å². The minimum absolute atomic E-state index is 0.0194. The van der Waals surface area contributed by atoms with Gasteiger partial charge in [-0.2, -0.15) is 11.8 Å². The molecule has 1 amide bonds. The van der Waals surface area contributed by atoms with Gasteiger partial charge in [0, 0.05) is 30.6 Å². The number of hydrogen-bond donors (Lipinski definition) is 2. The van der Waals surface area contributed by atoms with Gasteiger partial charge in [0.05, 0.1) is 6.04 Å². The second-order valence-corrected chi connectivity index (χ2v) is 5.84. The van der Waals surface area contributed by atoms with Crippen LogP contribution in [0.15, 0.2) is 0 Å². The van der Waals surface area contributed by atoms with E-state index >= 15 is 0 Å². The molecule has 0 aromatic heterocycles. The van der Waals surface area contributed by atoms with Crippen LogP contribution < -0.4 is 10.6 Å². The van der Waals surface area contributed by atoms with Crippen molar-refractivity contribution in [2.75, 3.05) is 38.2 Å². The van der Waals surface area contributed by atoms with Gasteiger partial charge in [-0.1, -0.05) is 0 Å². The molecule has 2 aliphatic heterocycles. The van der Waals surface area contributed by atoms with Gasteiger partial charge in [0.15, 0.2) is 0 Å². The fourth-order valence-electron chi connectivity index (χ4n) is 2.32. The van der Waals surface area contributed by atoms with Crippen molar-refractivity contribution in [3.8, 4) is 0 Å². The number of thioether (sulfide) groups is 1. The van der Waals surface area contributed by atoms with Crippen molar-refractivity contribution >= 4 is 17.7 Å². The predicted molar refractivity (Wildman–Crippen MR) is 67.8 cm³/mol. The molecule has 2 saturated heterocycles. The van der Waals surface area contributed by atoms with E-state index in [0.29, 0.717) is 6.04 Å². The van der Waals surface area contributed by atoms with Crippen LogP contribution in [-0.2, 0) is 4.79 Å². The summed E-state index contributed by atoms with van der Waals surface area (Å²) in [7, 11) is 2.12. The van der Waals surface area contributed by atoms with E-state index in [1.54, 1.807) is 0 Å². The highest BCUT2D eigenvalue weighted by atomic mass is 32.2. The van der Waals surface area contributed by atoms with Gasteiger partial charge in [-0.3, -0.25) is 4.79 Å². The summed E-state index contributed by atoms with van der Waals surface area (Å²) < 4.78 is 0. The number of likely N-dealkylation sites (N-methyl/N-ethyl adjacent to an activating group) is 1. The molecule has 0 bridgehead atoms. The van der Waals surface area contributed by atoms with Gasteiger partial charge in [-0.25, -0.2) is 0 Å². The maximum atomic E-state index is 12.0. The smallest absolute Gasteiger partial charge is 0.238 e. The zero-order chi connectivity index (χ0) is 11.4. The molecule has 0 radical (unpaired) electrons. The quantitative estimate of drug-likeness (QED) is 0.711. The molecule has 0 aliphatic carbocycles. The molecule has 2 N–H and O–H groups in total. The van der Waals surface area contributed by atoms with E-state index in [-0.39, 0.29) is 11.9 Å². The Kier molecular flexibility index (Phi) is 4.49. The Labute approximate surface area is 102 Å². The summed E-state index contributed by atoms with van der Waals surface area (Å²) in [6, 6.07) is 0.367. The third-order valence-electron chi connectivity index (χ3n) is 3.21. The van der Waals surface area contributed by atoms with Gasteiger partial charge >= 0.3 is 0 Å². The number of rotatable bonds is 2. The first kappa shape index (κ1) is 12.2. The highest BCUT2D eigenvalue weighted by Crippen LogP contribution is 2.10. The molecule has 16 heavy (non-hydrogen) atoms. The molecule has 2 atom stereocenters. The molecule has 5 heteroatoms. The minimum atomic E-state index is 0.0194. The normalized spacial score (nSPS) is 32.3. The molecule has 2 unspecified atom stereocenters. The Hall–Kier alpha value is -0.260. The number of piperidine rings is 1. The largest absolute Gasteiger partial charge is 0.351 e. The minimum Gasteiger partial charge on any atom is -0.351 e. The number of hydrogen-bond acceptors (Lipinski definition) is 4. The molecule has 2 rings (SSSR count). The molecular weight excluding hydrogens is 222 g/mol. The molecule has 0 aromatic rings. The Bertz CT molecular complexity index is 243. The van der Waals surface area contributed by atoms with Gasteiger partial charge in [0.2, 0.25) is 5.91 Å². The third-order valence-corrected chi connectivity index (χ3v) is 4.27. The standard InChI is InChI=1S/C11H21N3OS/c1-14-5-2-3-9(7-14)13-11(15)10-8-16-6-4-12-10/h9-10,12H,2-8H2,1H3,(H,13,15). The highest BCUT2D eigenvalue weighted by molar-refractivity contribution is 7.99.